The summed E-state index contributed by atoms with van der Waals surface area (Å²) in [6.45, 7) is 6.79. The molecule has 1 N–H and O–H groups in total. The molecule has 0 aliphatic rings. The van der Waals surface area contributed by atoms with Gasteiger partial charge in [0, 0.05) is 18.2 Å². The molecular formula is C31H31ClFNO4. The number of carboxylic acid groups (broad SMARTS) is 1. The van der Waals surface area contributed by atoms with Gasteiger partial charge in [-0.25, -0.2) is 4.39 Å². The van der Waals surface area contributed by atoms with E-state index in [1.54, 1.807) is 12.1 Å². The molecule has 0 atom stereocenters. The standard InChI is InChI=1S/C31H30FNO4.ClH/c1-20-14-28(37-19-26-9-4-6-22(3)33-26)15-21(2)31(20)25-8-5-7-23(16-25)18-36-27-12-10-24(29(32)17-27)11-13-30(34)35;/h4-10,12,14-17H,11,13,18-19H2,1-3H3,(H,34,35);1H. The molecule has 5 nitrogen and oxygen atoms in total. The normalized spacial score (nSPS) is 10.5. The van der Waals surface area contributed by atoms with E-state index in [1.807, 2.05) is 49.4 Å². The zero-order valence-electron chi connectivity index (χ0n) is 21.7. The van der Waals surface area contributed by atoms with Crippen LogP contribution in [-0.2, 0) is 24.4 Å². The van der Waals surface area contributed by atoms with Crippen molar-refractivity contribution in [3.05, 3.63) is 112 Å². The third-order valence-electron chi connectivity index (χ3n) is 6.09. The number of halogens is 2. The fourth-order valence-corrected chi connectivity index (χ4v) is 4.35. The monoisotopic (exact) mass is 535 g/mol. The molecule has 0 aliphatic heterocycles. The van der Waals surface area contributed by atoms with Crippen LogP contribution in [0.15, 0.2) is 72.8 Å². The van der Waals surface area contributed by atoms with Crippen LogP contribution in [0.4, 0.5) is 4.39 Å². The van der Waals surface area contributed by atoms with Crippen molar-refractivity contribution in [2.45, 2.75) is 46.8 Å². The molecule has 7 heteroatoms. The van der Waals surface area contributed by atoms with Gasteiger partial charge in [0.05, 0.1) is 5.69 Å². The topological polar surface area (TPSA) is 68.7 Å². The first kappa shape index (κ1) is 28.7. The van der Waals surface area contributed by atoms with Crippen molar-refractivity contribution in [3.63, 3.8) is 0 Å². The Hall–Kier alpha value is -3.90. The number of carboxylic acids is 1. The number of aryl methyl sites for hydroxylation is 4. The van der Waals surface area contributed by atoms with Crippen LogP contribution in [0, 0.1) is 26.6 Å². The molecule has 0 radical (unpaired) electrons. The van der Waals surface area contributed by atoms with Crippen LogP contribution < -0.4 is 9.47 Å². The lowest BCUT2D eigenvalue weighted by molar-refractivity contribution is -0.136. The first-order valence-electron chi connectivity index (χ1n) is 12.2. The number of pyridine rings is 1. The lowest BCUT2D eigenvalue weighted by atomic mass is 9.94. The molecule has 0 spiro atoms. The van der Waals surface area contributed by atoms with E-state index < -0.39 is 11.8 Å². The zero-order chi connectivity index (χ0) is 26.4. The van der Waals surface area contributed by atoms with Crippen molar-refractivity contribution >= 4 is 18.4 Å². The number of aliphatic carboxylic acids is 1. The van der Waals surface area contributed by atoms with E-state index in [9.17, 15) is 9.18 Å². The van der Waals surface area contributed by atoms with Crippen molar-refractivity contribution in [2.24, 2.45) is 0 Å². The Kier molecular flexibility index (Phi) is 9.85. The highest BCUT2D eigenvalue weighted by Gasteiger charge is 2.11. The second-order valence-electron chi connectivity index (χ2n) is 9.13. The summed E-state index contributed by atoms with van der Waals surface area (Å²) in [5.41, 5.74) is 7.58. The van der Waals surface area contributed by atoms with E-state index >= 15 is 0 Å². The summed E-state index contributed by atoms with van der Waals surface area (Å²) in [5, 5.41) is 8.80. The first-order chi connectivity index (χ1) is 17.8. The van der Waals surface area contributed by atoms with Gasteiger partial charge >= 0.3 is 5.97 Å². The minimum Gasteiger partial charge on any atom is -0.489 e. The van der Waals surface area contributed by atoms with Crippen LogP contribution >= 0.6 is 12.4 Å². The summed E-state index contributed by atoms with van der Waals surface area (Å²) in [7, 11) is 0. The van der Waals surface area contributed by atoms with E-state index in [0.29, 0.717) is 17.9 Å². The van der Waals surface area contributed by atoms with Crippen LogP contribution in [0.5, 0.6) is 11.5 Å². The lowest BCUT2D eigenvalue weighted by Gasteiger charge is -2.15. The number of hydrogen-bond donors (Lipinski definition) is 1. The maximum atomic E-state index is 14.3. The van der Waals surface area contributed by atoms with Crippen LogP contribution in [0.25, 0.3) is 11.1 Å². The molecule has 0 saturated heterocycles. The van der Waals surface area contributed by atoms with Gasteiger partial charge in [-0.3, -0.25) is 9.78 Å². The van der Waals surface area contributed by atoms with Crippen LogP contribution in [-0.4, -0.2) is 16.1 Å². The summed E-state index contributed by atoms with van der Waals surface area (Å²) in [5.74, 6) is -0.208. The number of benzene rings is 3. The summed E-state index contributed by atoms with van der Waals surface area (Å²) in [6, 6.07) is 22.6. The molecule has 0 unspecified atom stereocenters. The predicted octanol–water partition coefficient (Wildman–Crippen LogP) is 7.41. The summed E-state index contributed by atoms with van der Waals surface area (Å²) in [4.78, 5) is 15.2. The van der Waals surface area contributed by atoms with Gasteiger partial charge in [-0.2, -0.15) is 0 Å². The van der Waals surface area contributed by atoms with Gasteiger partial charge in [0.1, 0.15) is 30.5 Å². The molecule has 0 saturated carbocycles. The summed E-state index contributed by atoms with van der Waals surface area (Å²) < 4.78 is 26.2. The van der Waals surface area contributed by atoms with Crippen LogP contribution in [0.2, 0.25) is 0 Å². The Morgan fingerprint density at radius 2 is 1.58 bits per heavy atom. The smallest absolute Gasteiger partial charge is 0.303 e. The zero-order valence-corrected chi connectivity index (χ0v) is 22.5. The average Bonchev–Trinajstić information content (AvgIpc) is 2.85. The Labute approximate surface area is 228 Å². The maximum absolute atomic E-state index is 14.3. The van der Waals surface area contributed by atoms with Gasteiger partial charge in [-0.15, -0.1) is 12.4 Å². The van der Waals surface area contributed by atoms with Gasteiger partial charge in [0.25, 0.3) is 0 Å². The number of nitrogens with zero attached hydrogens (tertiary/aromatic N) is 1. The van der Waals surface area contributed by atoms with Crippen LogP contribution in [0.1, 0.15) is 40.1 Å². The summed E-state index contributed by atoms with van der Waals surface area (Å²) >= 11 is 0. The quantitative estimate of drug-likeness (QED) is 0.229. The molecule has 0 bridgehead atoms. The second kappa shape index (κ2) is 13.1. The van der Waals surface area contributed by atoms with E-state index in [4.69, 9.17) is 14.6 Å². The average molecular weight is 536 g/mol. The van der Waals surface area contributed by atoms with E-state index in [0.717, 1.165) is 45.0 Å². The number of aromatic nitrogens is 1. The van der Waals surface area contributed by atoms with Gasteiger partial charge in [-0.1, -0.05) is 30.3 Å². The highest BCUT2D eigenvalue weighted by Crippen LogP contribution is 2.32. The van der Waals surface area contributed by atoms with Gasteiger partial charge in [0.15, 0.2) is 0 Å². The maximum Gasteiger partial charge on any atom is 0.303 e. The number of carbonyl (C=O) groups is 1. The molecule has 0 fully saturated rings. The lowest BCUT2D eigenvalue weighted by Crippen LogP contribution is -2.01. The van der Waals surface area contributed by atoms with E-state index in [-0.39, 0.29) is 31.9 Å². The van der Waals surface area contributed by atoms with Crippen molar-refractivity contribution < 1.29 is 23.8 Å². The fourth-order valence-electron chi connectivity index (χ4n) is 4.35. The minimum absolute atomic E-state index is 0. The Morgan fingerprint density at radius 1 is 0.868 bits per heavy atom. The molecule has 4 aromatic rings. The Balaban J connectivity index is 0.00000400. The first-order valence-corrected chi connectivity index (χ1v) is 12.2. The van der Waals surface area contributed by atoms with Crippen molar-refractivity contribution in [3.8, 4) is 22.6 Å². The Bertz CT molecular complexity index is 1400. The number of rotatable bonds is 10. The van der Waals surface area contributed by atoms with Gasteiger partial charge < -0.3 is 14.6 Å². The molecule has 1 aromatic heterocycles. The van der Waals surface area contributed by atoms with Crippen molar-refractivity contribution in [2.75, 3.05) is 0 Å². The number of ether oxygens (including phenoxy) is 2. The molecular weight excluding hydrogens is 505 g/mol. The minimum atomic E-state index is -0.952. The van der Waals surface area contributed by atoms with Crippen molar-refractivity contribution in [1.82, 2.24) is 4.98 Å². The molecule has 1 heterocycles. The van der Waals surface area contributed by atoms with Crippen LogP contribution in [0.3, 0.4) is 0 Å². The molecule has 4 rings (SSSR count). The highest BCUT2D eigenvalue weighted by molar-refractivity contribution is 5.85. The third kappa shape index (κ3) is 7.56. The number of hydrogen-bond acceptors (Lipinski definition) is 4. The Morgan fingerprint density at radius 3 is 2.26 bits per heavy atom. The highest BCUT2D eigenvalue weighted by atomic mass is 35.5. The molecule has 38 heavy (non-hydrogen) atoms. The second-order valence-corrected chi connectivity index (χ2v) is 9.13. The summed E-state index contributed by atoms with van der Waals surface area (Å²) in [6.07, 6.45) is 0.0363. The SMILES string of the molecule is Cc1cccc(COc2cc(C)c(-c3cccc(COc4ccc(CCC(=O)O)c(F)c4)c3)c(C)c2)n1.Cl. The predicted molar refractivity (Wildman–Crippen MR) is 149 cm³/mol. The van der Waals surface area contributed by atoms with E-state index in [2.05, 4.69) is 31.0 Å². The molecule has 0 aliphatic carbocycles. The molecule has 3 aromatic carbocycles. The van der Waals surface area contributed by atoms with E-state index in [1.165, 1.54) is 6.07 Å². The molecule has 198 valence electrons. The fraction of sp³-hybridized carbons (Fsp3) is 0.226. The largest absolute Gasteiger partial charge is 0.489 e. The van der Waals surface area contributed by atoms with Crippen molar-refractivity contribution in [1.29, 1.82) is 0 Å². The molecule has 0 amide bonds. The van der Waals surface area contributed by atoms with Gasteiger partial charge in [0.2, 0.25) is 0 Å². The third-order valence-corrected chi connectivity index (χ3v) is 6.09. The van der Waals surface area contributed by atoms with Gasteiger partial charge in [-0.05, 0) is 97.0 Å².